The first kappa shape index (κ1) is 23.5. The van der Waals surface area contributed by atoms with Gasteiger partial charge in [0, 0.05) is 19.5 Å². The summed E-state index contributed by atoms with van der Waals surface area (Å²) in [6.45, 7) is 3.12. The molecule has 1 aromatic carbocycles. The van der Waals surface area contributed by atoms with Crippen molar-refractivity contribution in [3.05, 3.63) is 42.6 Å². The van der Waals surface area contributed by atoms with Gasteiger partial charge in [-0.05, 0) is 74.4 Å². The van der Waals surface area contributed by atoms with E-state index in [2.05, 4.69) is 14.6 Å². The van der Waals surface area contributed by atoms with E-state index < -0.39 is 6.36 Å². The van der Waals surface area contributed by atoms with Crippen LogP contribution < -0.4 is 19.1 Å². The number of halogens is 3. The number of piperidine rings is 1. The summed E-state index contributed by atoms with van der Waals surface area (Å²) >= 11 is 0. The van der Waals surface area contributed by atoms with Crippen LogP contribution in [0, 0.1) is 5.92 Å². The fourth-order valence-electron chi connectivity index (χ4n) is 4.12. The van der Waals surface area contributed by atoms with Crippen molar-refractivity contribution < 1.29 is 32.1 Å². The maximum Gasteiger partial charge on any atom is 0.573 e. The van der Waals surface area contributed by atoms with Gasteiger partial charge in [0.05, 0.1) is 19.4 Å². The molecule has 4 rings (SSSR count). The number of aromatic nitrogens is 1. The first-order valence-electron chi connectivity index (χ1n) is 11.4. The van der Waals surface area contributed by atoms with Gasteiger partial charge in [-0.25, -0.2) is 4.98 Å². The zero-order chi connectivity index (χ0) is 23.1. The number of benzene rings is 1. The Morgan fingerprint density at radius 2 is 1.67 bits per heavy atom. The molecule has 0 amide bonds. The lowest BCUT2D eigenvalue weighted by molar-refractivity contribution is -0.274. The minimum atomic E-state index is -4.69. The van der Waals surface area contributed by atoms with Crippen molar-refractivity contribution in [1.82, 2.24) is 4.98 Å². The van der Waals surface area contributed by atoms with Crippen LogP contribution in [0.25, 0.3) is 0 Å². The Balaban J connectivity index is 1.15. The van der Waals surface area contributed by atoms with Crippen LogP contribution in [-0.4, -0.2) is 43.9 Å². The molecule has 1 atom stereocenters. The lowest BCUT2D eigenvalue weighted by atomic mass is 9.94. The Hall–Kier alpha value is -2.68. The molecule has 0 N–H and O–H groups in total. The maximum absolute atomic E-state index is 12.2. The summed E-state index contributed by atoms with van der Waals surface area (Å²) < 4.78 is 57.7. The van der Waals surface area contributed by atoms with Crippen LogP contribution in [0.15, 0.2) is 42.6 Å². The number of hydrogen-bond donors (Lipinski definition) is 0. The van der Waals surface area contributed by atoms with Crippen molar-refractivity contribution in [2.45, 2.75) is 51.2 Å². The van der Waals surface area contributed by atoms with Crippen molar-refractivity contribution in [3.8, 4) is 17.2 Å². The van der Waals surface area contributed by atoms with Crippen LogP contribution in [-0.2, 0) is 4.74 Å². The molecule has 0 aliphatic carbocycles. The first-order valence-corrected chi connectivity index (χ1v) is 11.4. The topological polar surface area (TPSA) is 53.1 Å². The summed E-state index contributed by atoms with van der Waals surface area (Å²) in [5.74, 6) is 2.50. The Labute approximate surface area is 191 Å². The van der Waals surface area contributed by atoms with E-state index in [4.69, 9.17) is 14.2 Å². The van der Waals surface area contributed by atoms with E-state index in [0.29, 0.717) is 18.3 Å². The van der Waals surface area contributed by atoms with Crippen LogP contribution in [0.2, 0.25) is 0 Å². The van der Waals surface area contributed by atoms with E-state index in [0.717, 1.165) is 69.8 Å². The largest absolute Gasteiger partial charge is 0.573 e. The van der Waals surface area contributed by atoms with Gasteiger partial charge in [-0.1, -0.05) is 0 Å². The zero-order valence-corrected chi connectivity index (χ0v) is 18.4. The highest BCUT2D eigenvalue weighted by Crippen LogP contribution is 2.27. The standard InChI is InChI=1S/C24H29F3N2O4/c25-24(26,27)33-20-6-4-19(5-7-20)30-16-12-18-10-13-29(14-11-18)22-9-8-21(17-28-22)32-23-3-1-2-15-31-23/h4-9,17-18,23H,1-3,10-16H2. The van der Waals surface area contributed by atoms with Gasteiger partial charge in [-0.2, -0.15) is 0 Å². The molecule has 2 aliphatic rings. The van der Waals surface area contributed by atoms with E-state index in [9.17, 15) is 13.2 Å². The predicted molar refractivity (Wildman–Crippen MR) is 117 cm³/mol. The van der Waals surface area contributed by atoms with Gasteiger partial charge in [-0.3, -0.25) is 0 Å². The summed E-state index contributed by atoms with van der Waals surface area (Å²) in [6, 6.07) is 9.44. The molecule has 6 nitrogen and oxygen atoms in total. The third-order valence-corrected chi connectivity index (χ3v) is 5.92. The lowest BCUT2D eigenvalue weighted by Crippen LogP contribution is -2.34. The molecule has 2 aliphatic heterocycles. The number of ether oxygens (including phenoxy) is 4. The molecule has 33 heavy (non-hydrogen) atoms. The number of alkyl halides is 3. The average molecular weight is 467 g/mol. The molecule has 3 heterocycles. The van der Waals surface area contributed by atoms with Crippen LogP contribution >= 0.6 is 0 Å². The molecule has 2 aromatic rings. The molecule has 9 heteroatoms. The van der Waals surface area contributed by atoms with Gasteiger partial charge in [0.15, 0.2) is 6.29 Å². The molecule has 2 fully saturated rings. The van der Waals surface area contributed by atoms with Gasteiger partial charge >= 0.3 is 6.36 Å². The summed E-state index contributed by atoms with van der Waals surface area (Å²) in [5.41, 5.74) is 0. The van der Waals surface area contributed by atoms with Crippen LogP contribution in [0.1, 0.15) is 38.5 Å². The Morgan fingerprint density at radius 3 is 2.30 bits per heavy atom. The minimum Gasteiger partial charge on any atom is -0.494 e. The number of rotatable bonds is 8. The Morgan fingerprint density at radius 1 is 0.939 bits per heavy atom. The monoisotopic (exact) mass is 466 g/mol. The molecule has 2 saturated heterocycles. The van der Waals surface area contributed by atoms with E-state index >= 15 is 0 Å². The molecule has 0 bridgehead atoms. The SMILES string of the molecule is FC(F)(F)Oc1ccc(OCCC2CCN(c3ccc(OC4CCCCO4)cn3)CC2)cc1. The molecular weight excluding hydrogens is 437 g/mol. The fraction of sp³-hybridized carbons (Fsp3) is 0.542. The van der Waals surface area contributed by atoms with E-state index in [1.807, 2.05) is 12.1 Å². The molecule has 1 unspecified atom stereocenters. The number of hydrogen-bond acceptors (Lipinski definition) is 6. The Kier molecular flexibility index (Phi) is 7.80. The summed E-state index contributed by atoms with van der Waals surface area (Å²) in [5, 5.41) is 0. The van der Waals surface area contributed by atoms with Crippen molar-refractivity contribution in [2.24, 2.45) is 5.92 Å². The average Bonchev–Trinajstić information content (AvgIpc) is 2.81. The predicted octanol–water partition coefficient (Wildman–Crippen LogP) is 5.57. The summed E-state index contributed by atoms with van der Waals surface area (Å²) in [6.07, 6.45) is 3.01. The number of anilines is 1. The van der Waals surface area contributed by atoms with E-state index in [-0.39, 0.29) is 12.0 Å². The first-order chi connectivity index (χ1) is 15.9. The second-order valence-corrected chi connectivity index (χ2v) is 8.35. The van der Waals surface area contributed by atoms with Gasteiger partial charge in [0.25, 0.3) is 0 Å². The third-order valence-electron chi connectivity index (χ3n) is 5.92. The highest BCUT2D eigenvalue weighted by Gasteiger charge is 2.31. The van der Waals surface area contributed by atoms with Gasteiger partial charge < -0.3 is 23.8 Å². The van der Waals surface area contributed by atoms with Gasteiger partial charge in [0.2, 0.25) is 0 Å². The zero-order valence-electron chi connectivity index (χ0n) is 18.4. The number of nitrogens with zero attached hydrogens (tertiary/aromatic N) is 2. The van der Waals surface area contributed by atoms with Crippen molar-refractivity contribution in [1.29, 1.82) is 0 Å². The smallest absolute Gasteiger partial charge is 0.494 e. The Bertz CT molecular complexity index is 848. The highest BCUT2D eigenvalue weighted by atomic mass is 19.4. The second-order valence-electron chi connectivity index (χ2n) is 8.35. The van der Waals surface area contributed by atoms with E-state index in [1.165, 1.54) is 24.3 Å². The molecule has 1 aromatic heterocycles. The van der Waals surface area contributed by atoms with Crippen LogP contribution in [0.3, 0.4) is 0 Å². The maximum atomic E-state index is 12.2. The van der Waals surface area contributed by atoms with Crippen LogP contribution in [0.5, 0.6) is 17.2 Å². The van der Waals surface area contributed by atoms with Crippen molar-refractivity contribution in [3.63, 3.8) is 0 Å². The van der Waals surface area contributed by atoms with Gasteiger partial charge in [0.1, 0.15) is 23.1 Å². The van der Waals surface area contributed by atoms with Crippen molar-refractivity contribution >= 4 is 5.82 Å². The second kappa shape index (κ2) is 11.0. The lowest BCUT2D eigenvalue weighted by Gasteiger charge is -2.33. The number of pyridine rings is 1. The normalized spacial score (nSPS) is 19.8. The van der Waals surface area contributed by atoms with E-state index in [1.54, 1.807) is 6.20 Å². The molecule has 0 radical (unpaired) electrons. The molecule has 180 valence electrons. The van der Waals surface area contributed by atoms with Crippen LogP contribution in [0.4, 0.5) is 19.0 Å². The van der Waals surface area contributed by atoms with Crippen molar-refractivity contribution in [2.75, 3.05) is 31.2 Å². The summed E-state index contributed by atoms with van der Waals surface area (Å²) in [4.78, 5) is 6.84. The minimum absolute atomic E-state index is 0.171. The third kappa shape index (κ3) is 7.42. The molecular formula is C24H29F3N2O4. The molecule has 0 saturated carbocycles. The quantitative estimate of drug-likeness (QED) is 0.507. The highest BCUT2D eigenvalue weighted by molar-refractivity contribution is 5.41. The molecule has 0 spiro atoms. The van der Waals surface area contributed by atoms with Gasteiger partial charge in [-0.15, -0.1) is 13.2 Å². The summed E-state index contributed by atoms with van der Waals surface area (Å²) in [7, 11) is 0. The fourth-order valence-corrected chi connectivity index (χ4v) is 4.12.